The van der Waals surface area contributed by atoms with Gasteiger partial charge in [0.1, 0.15) is 11.8 Å². The van der Waals surface area contributed by atoms with Gasteiger partial charge in [-0.2, -0.15) is 5.26 Å². The summed E-state index contributed by atoms with van der Waals surface area (Å²) in [6.07, 6.45) is 0. The summed E-state index contributed by atoms with van der Waals surface area (Å²) in [5, 5.41) is 11.1. The van der Waals surface area contributed by atoms with E-state index in [-0.39, 0.29) is 0 Å². The smallest absolute Gasteiger partial charge is 0.316 e. The number of nitrogens with one attached hydrogen (secondary N) is 1. The van der Waals surface area contributed by atoms with E-state index >= 15 is 0 Å². The molecule has 0 aliphatic carbocycles. The van der Waals surface area contributed by atoms with Crippen LogP contribution in [0.25, 0.3) is 0 Å². The summed E-state index contributed by atoms with van der Waals surface area (Å²) >= 11 is 0. The van der Waals surface area contributed by atoms with Gasteiger partial charge in [0.2, 0.25) is 0 Å². The van der Waals surface area contributed by atoms with Gasteiger partial charge >= 0.3 is 6.03 Å². The SMILES string of the molecule is COc1ccc(NC(N)=O)c(C#N)c1. The first-order chi connectivity index (χ1) is 6.67. The number of hydrogen-bond donors (Lipinski definition) is 2. The molecule has 2 amide bonds. The standard InChI is InChI=1S/C9H9N3O2/c1-14-7-2-3-8(12-9(11)13)6(4-7)5-10/h2-4H,1H3,(H3,11,12,13). The van der Waals surface area contributed by atoms with E-state index < -0.39 is 6.03 Å². The van der Waals surface area contributed by atoms with E-state index in [0.717, 1.165) is 0 Å². The van der Waals surface area contributed by atoms with E-state index in [9.17, 15) is 4.79 Å². The Balaban J connectivity index is 3.07. The van der Waals surface area contributed by atoms with Gasteiger partial charge in [-0.15, -0.1) is 0 Å². The molecular formula is C9H9N3O2. The average molecular weight is 191 g/mol. The Labute approximate surface area is 81.1 Å². The van der Waals surface area contributed by atoms with Gasteiger partial charge in [-0.05, 0) is 18.2 Å². The third-order valence-electron chi connectivity index (χ3n) is 1.61. The molecule has 1 rings (SSSR count). The molecule has 0 aliphatic heterocycles. The van der Waals surface area contributed by atoms with Crippen LogP contribution in [-0.2, 0) is 0 Å². The van der Waals surface area contributed by atoms with Crippen molar-refractivity contribution in [2.45, 2.75) is 0 Å². The zero-order valence-corrected chi connectivity index (χ0v) is 7.57. The van der Waals surface area contributed by atoms with Gasteiger partial charge in [0.25, 0.3) is 0 Å². The first-order valence-corrected chi connectivity index (χ1v) is 3.82. The number of carbonyl (C=O) groups excluding carboxylic acids is 1. The Hall–Kier alpha value is -2.22. The predicted molar refractivity (Wildman–Crippen MR) is 50.9 cm³/mol. The number of benzene rings is 1. The van der Waals surface area contributed by atoms with Gasteiger partial charge in [0.15, 0.2) is 0 Å². The third kappa shape index (κ3) is 2.14. The van der Waals surface area contributed by atoms with Crippen LogP contribution in [0.1, 0.15) is 5.56 Å². The van der Waals surface area contributed by atoms with Gasteiger partial charge in [0, 0.05) is 0 Å². The monoisotopic (exact) mass is 191 g/mol. The molecule has 0 aromatic heterocycles. The summed E-state index contributed by atoms with van der Waals surface area (Å²) < 4.78 is 4.92. The zero-order chi connectivity index (χ0) is 10.6. The van der Waals surface area contributed by atoms with Crippen molar-refractivity contribution in [3.63, 3.8) is 0 Å². The van der Waals surface area contributed by atoms with Crippen LogP contribution in [-0.4, -0.2) is 13.1 Å². The number of primary amides is 1. The molecule has 0 spiro atoms. The average Bonchev–Trinajstić information content (AvgIpc) is 2.17. The molecule has 5 nitrogen and oxygen atoms in total. The number of rotatable bonds is 2. The number of urea groups is 1. The molecule has 0 radical (unpaired) electrons. The van der Waals surface area contributed by atoms with E-state index in [0.29, 0.717) is 17.0 Å². The maximum atomic E-state index is 10.6. The summed E-state index contributed by atoms with van der Waals surface area (Å²) in [7, 11) is 1.50. The van der Waals surface area contributed by atoms with Gasteiger partial charge in [-0.25, -0.2) is 4.79 Å². The lowest BCUT2D eigenvalue weighted by molar-refractivity contribution is 0.259. The van der Waals surface area contributed by atoms with Gasteiger partial charge in [-0.3, -0.25) is 0 Å². The number of nitrogens with two attached hydrogens (primary N) is 1. The molecule has 0 saturated heterocycles. The number of amides is 2. The van der Waals surface area contributed by atoms with Gasteiger partial charge in [-0.1, -0.05) is 0 Å². The van der Waals surface area contributed by atoms with E-state index in [4.69, 9.17) is 15.7 Å². The van der Waals surface area contributed by atoms with Crippen molar-refractivity contribution in [2.75, 3.05) is 12.4 Å². The first-order valence-electron chi connectivity index (χ1n) is 3.82. The molecule has 0 unspecified atom stereocenters. The predicted octanol–water partition coefficient (Wildman–Crippen LogP) is 1.06. The van der Waals surface area contributed by atoms with Crippen LogP contribution in [0.2, 0.25) is 0 Å². The highest BCUT2D eigenvalue weighted by atomic mass is 16.5. The molecule has 0 saturated carbocycles. The van der Waals surface area contributed by atoms with Gasteiger partial charge in [0.05, 0.1) is 18.4 Å². The maximum Gasteiger partial charge on any atom is 0.316 e. The summed E-state index contributed by atoms with van der Waals surface area (Å²) in [5.74, 6) is 0.552. The molecule has 1 aromatic rings. The summed E-state index contributed by atoms with van der Waals surface area (Å²) in [4.78, 5) is 10.6. The second-order valence-corrected chi connectivity index (χ2v) is 2.51. The Morgan fingerprint density at radius 1 is 1.64 bits per heavy atom. The van der Waals surface area contributed by atoms with Crippen LogP contribution in [0.15, 0.2) is 18.2 Å². The van der Waals surface area contributed by atoms with Crippen molar-refractivity contribution in [3.05, 3.63) is 23.8 Å². The van der Waals surface area contributed by atoms with E-state index in [2.05, 4.69) is 5.32 Å². The molecule has 3 N–H and O–H groups in total. The number of hydrogen-bond acceptors (Lipinski definition) is 3. The molecule has 72 valence electrons. The second-order valence-electron chi connectivity index (χ2n) is 2.51. The molecule has 0 fully saturated rings. The van der Waals surface area contributed by atoms with Crippen LogP contribution < -0.4 is 15.8 Å². The number of ether oxygens (including phenoxy) is 1. The third-order valence-corrected chi connectivity index (χ3v) is 1.61. The quantitative estimate of drug-likeness (QED) is 0.732. The van der Waals surface area contributed by atoms with Crippen molar-refractivity contribution in [1.82, 2.24) is 0 Å². The molecular weight excluding hydrogens is 182 g/mol. The summed E-state index contributed by atoms with van der Waals surface area (Å²) in [6, 6.07) is 5.93. The van der Waals surface area contributed by atoms with Crippen molar-refractivity contribution in [1.29, 1.82) is 5.26 Å². The zero-order valence-electron chi connectivity index (χ0n) is 7.57. The molecule has 14 heavy (non-hydrogen) atoms. The fourth-order valence-electron chi connectivity index (χ4n) is 0.985. The fourth-order valence-corrected chi connectivity index (χ4v) is 0.985. The maximum absolute atomic E-state index is 10.6. The van der Waals surface area contributed by atoms with Crippen molar-refractivity contribution in [3.8, 4) is 11.8 Å². The lowest BCUT2D eigenvalue weighted by atomic mass is 10.2. The highest BCUT2D eigenvalue weighted by molar-refractivity contribution is 5.89. The molecule has 1 aromatic carbocycles. The van der Waals surface area contributed by atoms with Crippen LogP contribution in [0.3, 0.4) is 0 Å². The molecule has 0 aliphatic rings. The molecule has 0 heterocycles. The van der Waals surface area contributed by atoms with Crippen LogP contribution in [0.4, 0.5) is 10.5 Å². The minimum atomic E-state index is -0.702. The number of carbonyl (C=O) groups is 1. The highest BCUT2D eigenvalue weighted by Gasteiger charge is 2.04. The Morgan fingerprint density at radius 3 is 2.86 bits per heavy atom. The van der Waals surface area contributed by atoms with Crippen molar-refractivity contribution < 1.29 is 9.53 Å². The largest absolute Gasteiger partial charge is 0.497 e. The summed E-state index contributed by atoms with van der Waals surface area (Å²) in [5.41, 5.74) is 5.61. The van der Waals surface area contributed by atoms with E-state index in [1.54, 1.807) is 12.1 Å². The molecule has 5 heteroatoms. The Bertz CT molecular complexity index is 396. The van der Waals surface area contributed by atoms with Crippen molar-refractivity contribution in [2.24, 2.45) is 5.73 Å². The molecule has 0 bridgehead atoms. The normalized spacial score (nSPS) is 8.86. The lowest BCUT2D eigenvalue weighted by Crippen LogP contribution is -2.19. The second kappa shape index (κ2) is 4.14. The van der Waals surface area contributed by atoms with Crippen LogP contribution in [0, 0.1) is 11.3 Å². The number of nitrogens with zero attached hydrogens (tertiary/aromatic N) is 1. The molecule has 0 atom stereocenters. The van der Waals surface area contributed by atoms with Gasteiger partial charge < -0.3 is 15.8 Å². The Kier molecular flexibility index (Phi) is 2.92. The number of nitriles is 1. The van der Waals surface area contributed by atoms with Crippen molar-refractivity contribution >= 4 is 11.7 Å². The van der Waals surface area contributed by atoms with E-state index in [1.807, 2.05) is 6.07 Å². The number of anilines is 1. The van der Waals surface area contributed by atoms with Crippen LogP contribution >= 0.6 is 0 Å². The lowest BCUT2D eigenvalue weighted by Gasteiger charge is -2.05. The fraction of sp³-hybridized carbons (Fsp3) is 0.111. The minimum absolute atomic E-state index is 0.308. The van der Waals surface area contributed by atoms with Crippen LogP contribution in [0.5, 0.6) is 5.75 Å². The van der Waals surface area contributed by atoms with E-state index in [1.165, 1.54) is 13.2 Å². The first kappa shape index (κ1) is 9.86. The minimum Gasteiger partial charge on any atom is -0.497 e. The highest BCUT2D eigenvalue weighted by Crippen LogP contribution is 2.20. The Morgan fingerprint density at radius 2 is 2.36 bits per heavy atom. The number of methoxy groups -OCH3 is 1. The topological polar surface area (TPSA) is 88.1 Å². The summed E-state index contributed by atoms with van der Waals surface area (Å²) in [6.45, 7) is 0.